The van der Waals surface area contributed by atoms with Gasteiger partial charge in [0.05, 0.1) is 19.8 Å². The van der Waals surface area contributed by atoms with Gasteiger partial charge in [-0.25, -0.2) is 0 Å². The molecule has 2 aromatic rings. The molecule has 0 aliphatic carbocycles. The lowest BCUT2D eigenvalue weighted by atomic mass is 10.1. The first kappa shape index (κ1) is 23.4. The molecular weight excluding hydrogens is 477 g/mol. The van der Waals surface area contributed by atoms with Crippen molar-refractivity contribution in [3.05, 3.63) is 58.6 Å². The molecule has 27 heavy (non-hydrogen) atoms. The molecule has 7 heteroatoms. The van der Waals surface area contributed by atoms with E-state index in [1.54, 1.807) is 14.2 Å². The number of rotatable bonds is 7. The Morgan fingerprint density at radius 2 is 1.85 bits per heavy atom. The van der Waals surface area contributed by atoms with Crippen molar-refractivity contribution < 1.29 is 9.47 Å². The van der Waals surface area contributed by atoms with Crippen LogP contribution in [-0.2, 0) is 6.54 Å². The zero-order valence-electron chi connectivity index (χ0n) is 16.1. The number of benzene rings is 2. The number of nitrogens with zero attached hydrogens (tertiary/aromatic N) is 1. The minimum atomic E-state index is 0. The molecule has 0 fully saturated rings. The van der Waals surface area contributed by atoms with Crippen molar-refractivity contribution in [3.63, 3.8) is 0 Å². The van der Waals surface area contributed by atoms with E-state index in [-0.39, 0.29) is 30.0 Å². The molecule has 0 aromatic heterocycles. The molecule has 0 heterocycles. The lowest BCUT2D eigenvalue weighted by molar-refractivity contribution is 0.310. The van der Waals surface area contributed by atoms with Crippen molar-refractivity contribution in [1.29, 1.82) is 0 Å². The number of hydrogen-bond donors (Lipinski definition) is 2. The quantitative estimate of drug-likeness (QED) is 0.324. The second kappa shape index (κ2) is 11.9. The van der Waals surface area contributed by atoms with E-state index in [1.165, 1.54) is 0 Å². The lowest BCUT2D eigenvalue weighted by Crippen LogP contribution is -2.38. The SMILES string of the molecule is CCOc1cc(CNC(=NC)NC(C)c2ccc(Cl)cc2)ccc1OC.I. The third kappa shape index (κ3) is 7.10. The lowest BCUT2D eigenvalue weighted by Gasteiger charge is -2.19. The molecule has 5 nitrogen and oxygen atoms in total. The third-order valence-electron chi connectivity index (χ3n) is 3.93. The highest BCUT2D eigenvalue weighted by Gasteiger charge is 2.09. The van der Waals surface area contributed by atoms with Crippen molar-refractivity contribution in [3.8, 4) is 11.5 Å². The molecule has 0 amide bonds. The van der Waals surface area contributed by atoms with Crippen LogP contribution in [0.3, 0.4) is 0 Å². The number of halogens is 2. The molecule has 0 aliphatic heterocycles. The van der Waals surface area contributed by atoms with Gasteiger partial charge in [-0.15, -0.1) is 24.0 Å². The van der Waals surface area contributed by atoms with Crippen molar-refractivity contribution in [2.24, 2.45) is 4.99 Å². The van der Waals surface area contributed by atoms with E-state index in [2.05, 4.69) is 22.5 Å². The maximum atomic E-state index is 5.95. The topological polar surface area (TPSA) is 54.9 Å². The van der Waals surface area contributed by atoms with Crippen molar-refractivity contribution in [2.75, 3.05) is 20.8 Å². The van der Waals surface area contributed by atoms with E-state index < -0.39 is 0 Å². The van der Waals surface area contributed by atoms with Gasteiger partial charge >= 0.3 is 0 Å². The summed E-state index contributed by atoms with van der Waals surface area (Å²) in [4.78, 5) is 4.29. The Labute approximate surface area is 183 Å². The molecule has 0 radical (unpaired) electrons. The van der Waals surface area contributed by atoms with Gasteiger partial charge in [-0.05, 0) is 49.2 Å². The van der Waals surface area contributed by atoms with Crippen LogP contribution < -0.4 is 20.1 Å². The summed E-state index contributed by atoms with van der Waals surface area (Å²) < 4.78 is 10.9. The minimum Gasteiger partial charge on any atom is -0.493 e. The molecule has 2 rings (SSSR count). The Kier molecular flexibility index (Phi) is 10.3. The second-order valence-corrected chi connectivity index (χ2v) is 6.20. The fraction of sp³-hybridized carbons (Fsp3) is 0.350. The maximum Gasteiger partial charge on any atom is 0.191 e. The number of methoxy groups -OCH3 is 1. The second-order valence-electron chi connectivity index (χ2n) is 5.76. The molecular formula is C20H27ClIN3O2. The van der Waals surface area contributed by atoms with Crippen LogP contribution in [0.15, 0.2) is 47.5 Å². The van der Waals surface area contributed by atoms with Crippen molar-refractivity contribution in [1.82, 2.24) is 10.6 Å². The predicted molar refractivity (Wildman–Crippen MR) is 123 cm³/mol. The van der Waals surface area contributed by atoms with E-state index in [0.29, 0.717) is 13.2 Å². The van der Waals surface area contributed by atoms with Gasteiger partial charge in [0.1, 0.15) is 0 Å². The molecule has 1 atom stereocenters. The van der Waals surface area contributed by atoms with Crippen molar-refractivity contribution in [2.45, 2.75) is 26.4 Å². The molecule has 0 bridgehead atoms. The van der Waals surface area contributed by atoms with E-state index in [9.17, 15) is 0 Å². The van der Waals surface area contributed by atoms with Gasteiger partial charge in [-0.1, -0.05) is 29.8 Å². The smallest absolute Gasteiger partial charge is 0.191 e. The van der Waals surface area contributed by atoms with Gasteiger partial charge in [0, 0.05) is 18.6 Å². The molecule has 1 unspecified atom stereocenters. The first-order valence-corrected chi connectivity index (χ1v) is 8.97. The normalized spacial score (nSPS) is 12.0. The monoisotopic (exact) mass is 503 g/mol. The van der Waals surface area contributed by atoms with Crippen LogP contribution in [0.5, 0.6) is 11.5 Å². The summed E-state index contributed by atoms with van der Waals surface area (Å²) >= 11 is 5.95. The molecule has 0 spiro atoms. The first-order valence-electron chi connectivity index (χ1n) is 8.59. The van der Waals surface area contributed by atoms with E-state index in [4.69, 9.17) is 21.1 Å². The summed E-state index contributed by atoms with van der Waals surface area (Å²) in [5.41, 5.74) is 2.22. The third-order valence-corrected chi connectivity index (χ3v) is 4.19. The van der Waals surface area contributed by atoms with E-state index in [1.807, 2.05) is 49.4 Å². The van der Waals surface area contributed by atoms with Gasteiger partial charge < -0.3 is 20.1 Å². The summed E-state index contributed by atoms with van der Waals surface area (Å²) in [6.07, 6.45) is 0. The average Bonchev–Trinajstić information content (AvgIpc) is 2.66. The fourth-order valence-corrected chi connectivity index (χ4v) is 2.65. The highest BCUT2D eigenvalue weighted by molar-refractivity contribution is 14.0. The molecule has 148 valence electrons. The Morgan fingerprint density at radius 1 is 1.15 bits per heavy atom. The van der Waals surface area contributed by atoms with E-state index >= 15 is 0 Å². The van der Waals surface area contributed by atoms with Crippen LogP contribution in [0.4, 0.5) is 0 Å². The standard InChI is InChI=1S/C20H26ClN3O2.HI/c1-5-26-19-12-15(6-11-18(19)25-4)13-23-20(22-3)24-14(2)16-7-9-17(21)10-8-16;/h6-12,14H,5,13H2,1-4H3,(H2,22,23,24);1H. The highest BCUT2D eigenvalue weighted by atomic mass is 127. The van der Waals surface area contributed by atoms with Crippen LogP contribution in [0.2, 0.25) is 5.02 Å². The summed E-state index contributed by atoms with van der Waals surface area (Å²) in [6.45, 7) is 5.25. The van der Waals surface area contributed by atoms with Crippen molar-refractivity contribution >= 4 is 41.5 Å². The minimum absolute atomic E-state index is 0. The van der Waals surface area contributed by atoms with Crippen LogP contribution >= 0.6 is 35.6 Å². The number of nitrogens with one attached hydrogen (secondary N) is 2. The highest BCUT2D eigenvalue weighted by Crippen LogP contribution is 2.28. The molecule has 0 aliphatic rings. The number of hydrogen-bond acceptors (Lipinski definition) is 3. The number of aliphatic imine (C=N–C) groups is 1. The first-order chi connectivity index (χ1) is 12.6. The number of ether oxygens (including phenoxy) is 2. The summed E-state index contributed by atoms with van der Waals surface area (Å²) in [5, 5.41) is 7.43. The van der Waals surface area contributed by atoms with Crippen LogP contribution in [-0.4, -0.2) is 26.7 Å². The van der Waals surface area contributed by atoms with Gasteiger partial charge in [0.25, 0.3) is 0 Å². The average molecular weight is 504 g/mol. The summed E-state index contributed by atoms with van der Waals surface area (Å²) in [5.74, 6) is 2.20. The Bertz CT molecular complexity index is 739. The van der Waals surface area contributed by atoms with Crippen LogP contribution in [0.1, 0.15) is 31.0 Å². The van der Waals surface area contributed by atoms with Gasteiger partial charge in [0.15, 0.2) is 17.5 Å². The van der Waals surface area contributed by atoms with E-state index in [0.717, 1.165) is 33.6 Å². The molecule has 2 N–H and O–H groups in total. The Morgan fingerprint density at radius 3 is 2.44 bits per heavy atom. The van der Waals surface area contributed by atoms with Crippen LogP contribution in [0, 0.1) is 0 Å². The molecule has 0 saturated carbocycles. The predicted octanol–water partition coefficient (Wildman–Crippen LogP) is 4.79. The number of guanidine groups is 1. The Hall–Kier alpha value is -1.67. The van der Waals surface area contributed by atoms with Gasteiger partial charge in [-0.2, -0.15) is 0 Å². The fourth-order valence-electron chi connectivity index (χ4n) is 2.52. The zero-order valence-corrected chi connectivity index (χ0v) is 19.2. The van der Waals surface area contributed by atoms with Gasteiger partial charge in [0.2, 0.25) is 0 Å². The zero-order chi connectivity index (χ0) is 18.9. The summed E-state index contributed by atoms with van der Waals surface area (Å²) in [6, 6.07) is 13.8. The molecule has 2 aromatic carbocycles. The van der Waals surface area contributed by atoms with Gasteiger partial charge in [-0.3, -0.25) is 4.99 Å². The molecule has 0 saturated heterocycles. The maximum absolute atomic E-state index is 5.95. The summed E-state index contributed by atoms with van der Waals surface area (Å²) in [7, 11) is 3.39. The Balaban J connectivity index is 0.00000364. The van der Waals surface area contributed by atoms with Crippen LogP contribution in [0.25, 0.3) is 0 Å². The largest absolute Gasteiger partial charge is 0.493 e.